The van der Waals surface area contributed by atoms with Gasteiger partial charge in [0, 0.05) is 27.8 Å². The summed E-state index contributed by atoms with van der Waals surface area (Å²) < 4.78 is 6.46. The highest BCUT2D eigenvalue weighted by Gasteiger charge is 2.16. The van der Waals surface area contributed by atoms with Crippen LogP contribution >= 0.6 is 11.6 Å². The minimum Gasteiger partial charge on any atom is -0.465 e. The minimum absolute atomic E-state index is 0.0242. The van der Waals surface area contributed by atoms with Crippen molar-refractivity contribution in [1.29, 1.82) is 0 Å². The molecule has 0 fully saturated rings. The molecular formula is C20H17ClN2O4. The lowest BCUT2D eigenvalue weighted by Gasteiger charge is -2.11. The van der Waals surface area contributed by atoms with E-state index >= 15 is 0 Å². The first-order valence-corrected chi connectivity index (χ1v) is 8.54. The molecule has 1 heterocycles. The number of hydrogen-bond acceptors (Lipinski definition) is 4. The van der Waals surface area contributed by atoms with Crippen LogP contribution in [0.25, 0.3) is 10.9 Å². The molecule has 2 aromatic carbocycles. The number of fused-ring (bicyclic) bond motifs is 1. The van der Waals surface area contributed by atoms with Crippen molar-refractivity contribution in [3.8, 4) is 0 Å². The Balaban J connectivity index is 1.87. The van der Waals surface area contributed by atoms with E-state index in [1.54, 1.807) is 17.6 Å². The maximum Gasteiger partial charge on any atom is 0.339 e. The number of anilines is 1. The van der Waals surface area contributed by atoms with Crippen LogP contribution in [-0.2, 0) is 16.1 Å². The van der Waals surface area contributed by atoms with Crippen molar-refractivity contribution in [2.45, 2.75) is 13.5 Å². The van der Waals surface area contributed by atoms with Gasteiger partial charge in [-0.3, -0.25) is 9.59 Å². The Bertz CT molecular complexity index is 1060. The second-order valence-electron chi connectivity index (χ2n) is 5.95. The molecule has 0 aliphatic rings. The molecule has 0 atom stereocenters. The molecule has 7 heteroatoms. The lowest BCUT2D eigenvalue weighted by molar-refractivity contribution is -0.116. The summed E-state index contributed by atoms with van der Waals surface area (Å²) in [6.45, 7) is 1.82. The number of amides is 1. The third-order valence-corrected chi connectivity index (χ3v) is 4.68. The molecule has 27 heavy (non-hydrogen) atoms. The van der Waals surface area contributed by atoms with Gasteiger partial charge >= 0.3 is 5.97 Å². The highest BCUT2D eigenvalue weighted by Crippen LogP contribution is 2.25. The lowest BCUT2D eigenvalue weighted by Crippen LogP contribution is -2.19. The maximum absolute atomic E-state index is 12.5. The second-order valence-corrected chi connectivity index (χ2v) is 6.36. The zero-order valence-electron chi connectivity index (χ0n) is 14.8. The average Bonchev–Trinajstić information content (AvgIpc) is 2.94. The number of nitrogens with one attached hydrogen (secondary N) is 1. The van der Waals surface area contributed by atoms with Crippen LogP contribution in [0.1, 0.15) is 26.4 Å². The average molecular weight is 385 g/mol. The fourth-order valence-electron chi connectivity index (χ4n) is 3.02. The molecule has 3 rings (SSSR count). The summed E-state index contributed by atoms with van der Waals surface area (Å²) in [7, 11) is 1.26. The Hall–Kier alpha value is -3.12. The van der Waals surface area contributed by atoms with Gasteiger partial charge in [0.1, 0.15) is 6.54 Å². The summed E-state index contributed by atoms with van der Waals surface area (Å²) in [6, 6.07) is 12.0. The molecule has 3 aromatic rings. The van der Waals surface area contributed by atoms with E-state index < -0.39 is 5.97 Å². The van der Waals surface area contributed by atoms with Gasteiger partial charge in [-0.05, 0) is 31.2 Å². The van der Waals surface area contributed by atoms with Crippen molar-refractivity contribution >= 4 is 46.4 Å². The van der Waals surface area contributed by atoms with Gasteiger partial charge in [0.15, 0.2) is 6.29 Å². The SMILES string of the molecule is COC(=O)c1cc(NC(=O)Cn2c(C)c(C=O)c3ccccc32)ccc1Cl. The standard InChI is InChI=1S/C20H17ClN2O4/c1-12-16(11-24)14-5-3-4-6-18(14)23(12)10-19(25)22-13-7-8-17(21)15(9-13)20(26)27-2/h3-9,11H,10H2,1-2H3,(H,22,25). The molecule has 1 aromatic heterocycles. The third-order valence-electron chi connectivity index (χ3n) is 4.35. The number of para-hydroxylation sites is 1. The Morgan fingerprint density at radius 2 is 1.96 bits per heavy atom. The number of aromatic nitrogens is 1. The normalized spacial score (nSPS) is 10.6. The Morgan fingerprint density at radius 3 is 2.67 bits per heavy atom. The van der Waals surface area contributed by atoms with E-state index in [1.165, 1.54) is 19.2 Å². The van der Waals surface area contributed by atoms with Crippen LogP contribution in [0, 0.1) is 6.92 Å². The molecule has 0 radical (unpaired) electrons. The van der Waals surface area contributed by atoms with Crippen LogP contribution in [-0.4, -0.2) is 29.8 Å². The number of ether oxygens (including phenoxy) is 1. The van der Waals surface area contributed by atoms with Crippen molar-refractivity contribution in [2.75, 3.05) is 12.4 Å². The monoisotopic (exact) mass is 384 g/mol. The number of nitrogens with zero attached hydrogens (tertiary/aromatic N) is 1. The summed E-state index contributed by atoms with van der Waals surface area (Å²) >= 11 is 5.99. The molecule has 0 aliphatic heterocycles. The Kier molecular flexibility index (Phi) is 5.28. The predicted octanol–water partition coefficient (Wildman–Crippen LogP) is 3.84. The molecule has 0 saturated carbocycles. The van der Waals surface area contributed by atoms with E-state index in [-0.39, 0.29) is 23.0 Å². The van der Waals surface area contributed by atoms with Gasteiger partial charge in [-0.1, -0.05) is 29.8 Å². The van der Waals surface area contributed by atoms with Crippen LogP contribution in [0.5, 0.6) is 0 Å². The molecular weight excluding hydrogens is 368 g/mol. The van der Waals surface area contributed by atoms with Gasteiger partial charge in [0.2, 0.25) is 5.91 Å². The number of rotatable bonds is 5. The van der Waals surface area contributed by atoms with Gasteiger partial charge in [0.25, 0.3) is 0 Å². The molecule has 138 valence electrons. The molecule has 1 amide bonds. The van der Waals surface area contributed by atoms with Gasteiger partial charge in [-0.25, -0.2) is 4.79 Å². The number of methoxy groups -OCH3 is 1. The zero-order valence-corrected chi connectivity index (χ0v) is 15.5. The fourth-order valence-corrected chi connectivity index (χ4v) is 3.22. The molecule has 0 spiro atoms. The molecule has 0 aliphatic carbocycles. The lowest BCUT2D eigenvalue weighted by atomic mass is 10.1. The summed E-state index contributed by atoms with van der Waals surface area (Å²) in [6.07, 6.45) is 0.800. The van der Waals surface area contributed by atoms with Crippen molar-refractivity contribution in [2.24, 2.45) is 0 Å². The van der Waals surface area contributed by atoms with E-state index in [4.69, 9.17) is 11.6 Å². The van der Waals surface area contributed by atoms with Crippen LogP contribution in [0.4, 0.5) is 5.69 Å². The number of carbonyl (C=O) groups excluding carboxylic acids is 3. The van der Waals surface area contributed by atoms with Crippen molar-refractivity contribution in [3.63, 3.8) is 0 Å². The van der Waals surface area contributed by atoms with Crippen molar-refractivity contribution < 1.29 is 19.1 Å². The Morgan fingerprint density at radius 1 is 1.22 bits per heavy atom. The number of esters is 1. The number of carbonyl (C=O) groups is 3. The minimum atomic E-state index is -0.584. The summed E-state index contributed by atoms with van der Waals surface area (Å²) in [5, 5.41) is 3.78. The summed E-state index contributed by atoms with van der Waals surface area (Å²) in [4.78, 5) is 35.7. The van der Waals surface area contributed by atoms with E-state index in [9.17, 15) is 14.4 Å². The Labute approximate surface area is 160 Å². The summed E-state index contributed by atoms with van der Waals surface area (Å²) in [5.74, 6) is -0.881. The fraction of sp³-hybridized carbons (Fsp3) is 0.150. The molecule has 0 saturated heterocycles. The van der Waals surface area contributed by atoms with E-state index in [0.717, 1.165) is 17.2 Å². The quantitative estimate of drug-likeness (QED) is 0.535. The van der Waals surface area contributed by atoms with Crippen LogP contribution in [0.2, 0.25) is 5.02 Å². The second kappa shape index (κ2) is 7.63. The van der Waals surface area contributed by atoms with E-state index in [2.05, 4.69) is 10.1 Å². The van der Waals surface area contributed by atoms with Gasteiger partial charge in [0.05, 0.1) is 17.7 Å². The molecule has 0 unspecified atom stereocenters. The van der Waals surface area contributed by atoms with Crippen LogP contribution in [0.15, 0.2) is 42.5 Å². The number of aldehydes is 1. The van der Waals surface area contributed by atoms with Gasteiger partial charge in [-0.2, -0.15) is 0 Å². The highest BCUT2D eigenvalue weighted by atomic mass is 35.5. The number of halogens is 1. The zero-order chi connectivity index (χ0) is 19.6. The number of benzene rings is 2. The first kappa shape index (κ1) is 18.7. The first-order chi connectivity index (χ1) is 13.0. The largest absolute Gasteiger partial charge is 0.465 e. The van der Waals surface area contributed by atoms with Crippen LogP contribution < -0.4 is 5.32 Å². The maximum atomic E-state index is 12.5. The van der Waals surface area contributed by atoms with Gasteiger partial charge < -0.3 is 14.6 Å². The van der Waals surface area contributed by atoms with E-state index in [0.29, 0.717) is 16.9 Å². The molecule has 0 bridgehead atoms. The van der Waals surface area contributed by atoms with Gasteiger partial charge in [-0.15, -0.1) is 0 Å². The topological polar surface area (TPSA) is 77.4 Å². The van der Waals surface area contributed by atoms with Crippen molar-refractivity contribution in [1.82, 2.24) is 4.57 Å². The third kappa shape index (κ3) is 3.57. The smallest absolute Gasteiger partial charge is 0.339 e. The molecule has 6 nitrogen and oxygen atoms in total. The number of hydrogen-bond donors (Lipinski definition) is 1. The first-order valence-electron chi connectivity index (χ1n) is 8.17. The summed E-state index contributed by atoms with van der Waals surface area (Å²) in [5.41, 5.74) is 2.68. The predicted molar refractivity (Wildman–Crippen MR) is 103 cm³/mol. The highest BCUT2D eigenvalue weighted by molar-refractivity contribution is 6.33. The van der Waals surface area contributed by atoms with E-state index in [1.807, 2.05) is 24.3 Å². The van der Waals surface area contributed by atoms with Crippen molar-refractivity contribution in [3.05, 3.63) is 64.3 Å². The molecule has 1 N–H and O–H groups in total. The van der Waals surface area contributed by atoms with Crippen LogP contribution in [0.3, 0.4) is 0 Å².